The molecule has 0 saturated carbocycles. The molecule has 0 fully saturated rings. The lowest BCUT2D eigenvalue weighted by Gasteiger charge is -2.35. The van der Waals surface area contributed by atoms with Crippen LogP contribution in [0.3, 0.4) is 0 Å². The Labute approximate surface area is 335 Å². The van der Waals surface area contributed by atoms with Gasteiger partial charge >= 0.3 is 0 Å². The lowest BCUT2D eigenvalue weighted by molar-refractivity contribution is 0.668. The average Bonchev–Trinajstić information content (AvgIpc) is 3.96. The van der Waals surface area contributed by atoms with E-state index in [1.807, 2.05) is 6.07 Å². The summed E-state index contributed by atoms with van der Waals surface area (Å²) in [4.78, 5) is 2.38. The molecule has 0 N–H and O–H groups in total. The second-order valence-electron chi connectivity index (χ2n) is 15.2. The van der Waals surface area contributed by atoms with E-state index >= 15 is 0 Å². The van der Waals surface area contributed by atoms with Gasteiger partial charge in [0.25, 0.3) is 0 Å². The van der Waals surface area contributed by atoms with E-state index in [2.05, 4.69) is 211 Å². The van der Waals surface area contributed by atoms with Crippen LogP contribution < -0.4 is 4.90 Å². The van der Waals surface area contributed by atoms with Crippen molar-refractivity contribution in [2.45, 2.75) is 5.41 Å². The smallest absolute Gasteiger partial charge is 0.159 e. The number of benzene rings is 9. The highest BCUT2D eigenvalue weighted by Gasteiger charge is 2.46. The van der Waals surface area contributed by atoms with Crippen LogP contribution in [0.25, 0.3) is 66.1 Å². The van der Waals surface area contributed by atoms with Crippen molar-refractivity contribution in [3.05, 3.63) is 235 Å². The number of anilines is 3. The molecule has 58 heavy (non-hydrogen) atoms. The van der Waals surface area contributed by atoms with E-state index in [-0.39, 0.29) is 0 Å². The quantitative estimate of drug-likeness (QED) is 0.170. The standard InChI is InChI=1S/C55H35NO2/c1-3-16-36(17-4-1)37-32-33-51-45(34-37)53-48(28-15-31-52(53)57-51)56(49-29-14-25-44-43-24-9-12-30-50(43)58-54(44)49)40-21-13-20-39(35-40)55(38-18-5-2-6-19-38)46-26-10-7-22-41(46)42-23-8-11-27-47(42)55/h1-35H. The average molecular weight is 742 g/mol. The van der Waals surface area contributed by atoms with Gasteiger partial charge in [0.05, 0.1) is 22.2 Å². The maximum Gasteiger partial charge on any atom is 0.159 e. The number of nitrogens with zero attached hydrogens (tertiary/aromatic N) is 1. The zero-order chi connectivity index (χ0) is 38.2. The molecule has 1 aliphatic rings. The zero-order valence-electron chi connectivity index (χ0n) is 31.5. The van der Waals surface area contributed by atoms with Gasteiger partial charge in [0, 0.05) is 21.8 Å². The minimum atomic E-state index is -0.555. The predicted molar refractivity (Wildman–Crippen MR) is 238 cm³/mol. The van der Waals surface area contributed by atoms with E-state index in [1.165, 1.54) is 33.4 Å². The van der Waals surface area contributed by atoms with Gasteiger partial charge in [-0.2, -0.15) is 0 Å². The highest BCUT2D eigenvalue weighted by molar-refractivity contribution is 6.16. The molecule has 0 saturated heterocycles. The van der Waals surface area contributed by atoms with E-state index in [1.54, 1.807) is 0 Å². The van der Waals surface area contributed by atoms with Crippen molar-refractivity contribution in [1.82, 2.24) is 0 Å². The molecule has 2 heterocycles. The molecule has 0 amide bonds. The SMILES string of the molecule is c1ccc(-c2ccc3oc4cccc(N(c5cccc(C6(c7ccccc7)c7ccccc7-c7ccccc76)c5)c5cccc6c5oc5ccccc56)c4c3c2)cc1. The third kappa shape index (κ3) is 4.68. The Hall–Kier alpha value is -7.62. The van der Waals surface area contributed by atoms with Crippen molar-refractivity contribution in [3.63, 3.8) is 0 Å². The van der Waals surface area contributed by atoms with Gasteiger partial charge in [0.1, 0.15) is 16.7 Å². The number of fused-ring (bicyclic) bond motifs is 9. The molecule has 11 aromatic rings. The Morgan fingerprint density at radius 2 is 0.966 bits per heavy atom. The summed E-state index contributed by atoms with van der Waals surface area (Å²) in [6, 6.07) is 76.2. The fraction of sp³-hybridized carbons (Fsp3) is 0.0182. The number of furan rings is 2. The molecule has 12 rings (SSSR count). The summed E-state index contributed by atoms with van der Waals surface area (Å²) in [6.45, 7) is 0. The maximum atomic E-state index is 6.81. The fourth-order valence-electron chi connectivity index (χ4n) is 9.71. The second-order valence-corrected chi connectivity index (χ2v) is 15.2. The van der Waals surface area contributed by atoms with Crippen LogP contribution in [-0.2, 0) is 5.41 Å². The van der Waals surface area contributed by atoms with Gasteiger partial charge in [0.2, 0.25) is 0 Å². The topological polar surface area (TPSA) is 29.5 Å². The Kier molecular flexibility index (Phi) is 7.14. The zero-order valence-corrected chi connectivity index (χ0v) is 31.5. The first kappa shape index (κ1) is 32.6. The number of hydrogen-bond acceptors (Lipinski definition) is 3. The minimum Gasteiger partial charge on any atom is -0.456 e. The molecule has 1 aliphatic carbocycles. The molecular formula is C55H35NO2. The normalized spacial score (nSPS) is 13.0. The van der Waals surface area contributed by atoms with Gasteiger partial charge in [0.15, 0.2) is 5.58 Å². The van der Waals surface area contributed by atoms with Crippen molar-refractivity contribution in [1.29, 1.82) is 0 Å². The van der Waals surface area contributed by atoms with Crippen LogP contribution in [-0.4, -0.2) is 0 Å². The largest absolute Gasteiger partial charge is 0.456 e. The van der Waals surface area contributed by atoms with Crippen molar-refractivity contribution in [2.24, 2.45) is 0 Å². The van der Waals surface area contributed by atoms with Gasteiger partial charge < -0.3 is 13.7 Å². The molecule has 2 aromatic heterocycles. The maximum absolute atomic E-state index is 6.81. The summed E-state index contributed by atoms with van der Waals surface area (Å²) >= 11 is 0. The number of hydrogen-bond donors (Lipinski definition) is 0. The van der Waals surface area contributed by atoms with Crippen molar-refractivity contribution in [2.75, 3.05) is 4.90 Å². The Balaban J connectivity index is 1.17. The molecule has 0 unspecified atom stereocenters. The lowest BCUT2D eigenvalue weighted by Crippen LogP contribution is -2.28. The van der Waals surface area contributed by atoms with Crippen molar-refractivity contribution in [3.8, 4) is 22.3 Å². The molecule has 3 heteroatoms. The third-order valence-electron chi connectivity index (χ3n) is 12.1. The summed E-state index contributed by atoms with van der Waals surface area (Å²) in [5, 5.41) is 4.27. The molecule has 0 radical (unpaired) electrons. The molecule has 0 aliphatic heterocycles. The molecule has 0 atom stereocenters. The molecule has 0 bridgehead atoms. The van der Waals surface area contributed by atoms with Crippen LogP contribution in [0.2, 0.25) is 0 Å². The van der Waals surface area contributed by atoms with Crippen LogP contribution in [0.15, 0.2) is 221 Å². The lowest BCUT2D eigenvalue weighted by atomic mass is 9.67. The van der Waals surface area contributed by atoms with E-state index in [4.69, 9.17) is 8.83 Å². The van der Waals surface area contributed by atoms with Crippen LogP contribution in [0.1, 0.15) is 22.3 Å². The van der Waals surface area contributed by atoms with E-state index in [9.17, 15) is 0 Å². The fourth-order valence-corrected chi connectivity index (χ4v) is 9.71. The second kappa shape index (κ2) is 12.7. The molecule has 3 nitrogen and oxygen atoms in total. The van der Waals surface area contributed by atoms with Crippen LogP contribution in [0.5, 0.6) is 0 Å². The van der Waals surface area contributed by atoms with E-state index in [0.717, 1.165) is 72.1 Å². The Morgan fingerprint density at radius 3 is 1.78 bits per heavy atom. The monoisotopic (exact) mass is 741 g/mol. The summed E-state index contributed by atoms with van der Waals surface area (Å²) in [6.07, 6.45) is 0. The van der Waals surface area contributed by atoms with E-state index in [0.29, 0.717) is 0 Å². The molecule has 272 valence electrons. The number of para-hydroxylation sites is 2. The predicted octanol–water partition coefficient (Wildman–Crippen LogP) is 15.0. The summed E-state index contributed by atoms with van der Waals surface area (Å²) < 4.78 is 13.5. The summed E-state index contributed by atoms with van der Waals surface area (Å²) in [5.41, 5.74) is 15.6. The van der Waals surface area contributed by atoms with Crippen LogP contribution >= 0.6 is 0 Å². The Morgan fingerprint density at radius 1 is 0.362 bits per heavy atom. The van der Waals surface area contributed by atoms with Gasteiger partial charge in [-0.25, -0.2) is 0 Å². The highest BCUT2D eigenvalue weighted by Crippen LogP contribution is 2.57. The molecule has 9 aromatic carbocycles. The first-order valence-corrected chi connectivity index (χ1v) is 19.8. The first-order chi connectivity index (χ1) is 28.8. The third-order valence-corrected chi connectivity index (χ3v) is 12.1. The minimum absolute atomic E-state index is 0.555. The Bertz CT molecular complexity index is 3310. The number of rotatable bonds is 6. The van der Waals surface area contributed by atoms with Gasteiger partial charge in [-0.05, 0) is 93.0 Å². The van der Waals surface area contributed by atoms with Crippen molar-refractivity contribution < 1.29 is 8.83 Å². The highest BCUT2D eigenvalue weighted by atomic mass is 16.3. The molecule has 0 spiro atoms. The van der Waals surface area contributed by atoms with Gasteiger partial charge in [-0.1, -0.05) is 164 Å². The van der Waals surface area contributed by atoms with E-state index < -0.39 is 5.41 Å². The van der Waals surface area contributed by atoms with Crippen LogP contribution in [0.4, 0.5) is 17.1 Å². The summed E-state index contributed by atoms with van der Waals surface area (Å²) in [7, 11) is 0. The summed E-state index contributed by atoms with van der Waals surface area (Å²) in [5.74, 6) is 0. The van der Waals surface area contributed by atoms with Crippen LogP contribution in [0, 0.1) is 0 Å². The first-order valence-electron chi connectivity index (χ1n) is 19.8. The van der Waals surface area contributed by atoms with Crippen molar-refractivity contribution >= 4 is 60.9 Å². The molecular weight excluding hydrogens is 707 g/mol. The van der Waals surface area contributed by atoms with Gasteiger partial charge in [-0.15, -0.1) is 0 Å². The van der Waals surface area contributed by atoms with Gasteiger partial charge in [-0.3, -0.25) is 0 Å².